The van der Waals surface area contributed by atoms with Crippen molar-refractivity contribution in [3.8, 4) is 17.0 Å². The Bertz CT molecular complexity index is 905. The smallest absolute Gasteiger partial charge is 0.254 e. The van der Waals surface area contributed by atoms with Crippen LogP contribution in [0.4, 0.5) is 0 Å². The predicted molar refractivity (Wildman–Crippen MR) is 93.2 cm³/mol. The van der Waals surface area contributed by atoms with Crippen molar-refractivity contribution in [1.82, 2.24) is 19.7 Å². The second-order valence-corrected chi connectivity index (χ2v) is 5.91. The highest BCUT2D eigenvalue weighted by Gasteiger charge is 2.24. The molecule has 3 heterocycles. The van der Waals surface area contributed by atoms with Crippen LogP contribution in [0.1, 0.15) is 16.1 Å². The molecule has 0 saturated heterocycles. The molecule has 6 heteroatoms. The summed E-state index contributed by atoms with van der Waals surface area (Å²) in [5, 5.41) is 4.68. The molecule has 0 radical (unpaired) electrons. The van der Waals surface area contributed by atoms with Gasteiger partial charge in [0.05, 0.1) is 31.6 Å². The Morgan fingerprint density at radius 3 is 2.72 bits per heavy atom. The lowest BCUT2D eigenvalue weighted by atomic mass is 10.1. The van der Waals surface area contributed by atoms with Gasteiger partial charge in [-0.15, -0.1) is 0 Å². The zero-order valence-electron chi connectivity index (χ0n) is 13.9. The second-order valence-electron chi connectivity index (χ2n) is 5.91. The molecule has 1 amide bonds. The van der Waals surface area contributed by atoms with Gasteiger partial charge in [0.15, 0.2) is 0 Å². The third-order valence-corrected chi connectivity index (χ3v) is 4.40. The SMILES string of the molecule is COc1ccccc1-c1cc2n(n1)CCN(C(=O)c1ccncc1)C2. The molecule has 1 aliphatic rings. The first-order valence-corrected chi connectivity index (χ1v) is 8.15. The Hall–Kier alpha value is -3.15. The van der Waals surface area contributed by atoms with E-state index in [1.165, 1.54) is 0 Å². The molecule has 0 unspecified atom stereocenters. The van der Waals surface area contributed by atoms with Crippen LogP contribution in [0, 0.1) is 0 Å². The number of fused-ring (bicyclic) bond motifs is 1. The predicted octanol–water partition coefficient (Wildman–Crippen LogP) is 2.61. The van der Waals surface area contributed by atoms with Crippen LogP contribution in [-0.4, -0.2) is 39.2 Å². The molecule has 6 nitrogen and oxygen atoms in total. The highest BCUT2D eigenvalue weighted by Crippen LogP contribution is 2.30. The molecule has 126 valence electrons. The average molecular weight is 334 g/mol. The Morgan fingerprint density at radius 1 is 1.12 bits per heavy atom. The largest absolute Gasteiger partial charge is 0.496 e. The lowest BCUT2D eigenvalue weighted by Crippen LogP contribution is -2.38. The van der Waals surface area contributed by atoms with Crippen molar-refractivity contribution >= 4 is 5.91 Å². The van der Waals surface area contributed by atoms with Crippen molar-refractivity contribution in [1.29, 1.82) is 0 Å². The number of pyridine rings is 1. The second kappa shape index (κ2) is 6.39. The van der Waals surface area contributed by atoms with Crippen LogP contribution in [0.3, 0.4) is 0 Å². The van der Waals surface area contributed by atoms with E-state index in [0.717, 1.165) is 22.7 Å². The van der Waals surface area contributed by atoms with E-state index in [4.69, 9.17) is 4.74 Å². The molecule has 1 aromatic carbocycles. The summed E-state index contributed by atoms with van der Waals surface area (Å²) in [6.07, 6.45) is 3.28. The van der Waals surface area contributed by atoms with Crippen LogP contribution < -0.4 is 4.74 Å². The summed E-state index contributed by atoms with van der Waals surface area (Å²) in [4.78, 5) is 18.4. The van der Waals surface area contributed by atoms with Crippen molar-refractivity contribution in [2.75, 3.05) is 13.7 Å². The molecular weight excluding hydrogens is 316 g/mol. The molecule has 0 fully saturated rings. The lowest BCUT2D eigenvalue weighted by Gasteiger charge is -2.27. The Kier molecular flexibility index (Phi) is 3.93. The monoisotopic (exact) mass is 334 g/mol. The first-order valence-electron chi connectivity index (χ1n) is 8.15. The molecule has 0 atom stereocenters. The van der Waals surface area contributed by atoms with E-state index < -0.39 is 0 Å². The maximum absolute atomic E-state index is 12.6. The number of hydrogen-bond acceptors (Lipinski definition) is 4. The molecule has 2 aromatic heterocycles. The molecule has 0 N–H and O–H groups in total. The minimum absolute atomic E-state index is 0.0219. The van der Waals surface area contributed by atoms with E-state index >= 15 is 0 Å². The molecule has 0 saturated carbocycles. The van der Waals surface area contributed by atoms with E-state index in [-0.39, 0.29) is 5.91 Å². The lowest BCUT2D eigenvalue weighted by molar-refractivity contribution is 0.0706. The number of para-hydroxylation sites is 1. The minimum Gasteiger partial charge on any atom is -0.496 e. The number of carbonyl (C=O) groups is 1. The Balaban J connectivity index is 1.60. The van der Waals surface area contributed by atoms with E-state index in [1.807, 2.05) is 39.9 Å². The van der Waals surface area contributed by atoms with Crippen molar-refractivity contribution in [3.05, 3.63) is 66.1 Å². The molecule has 4 rings (SSSR count). The van der Waals surface area contributed by atoms with E-state index in [2.05, 4.69) is 10.1 Å². The number of benzene rings is 1. The number of hydrogen-bond donors (Lipinski definition) is 0. The summed E-state index contributed by atoms with van der Waals surface area (Å²) in [5.41, 5.74) is 3.51. The number of amides is 1. The van der Waals surface area contributed by atoms with Crippen LogP contribution in [0.25, 0.3) is 11.3 Å². The van der Waals surface area contributed by atoms with Crippen LogP contribution in [-0.2, 0) is 13.1 Å². The van der Waals surface area contributed by atoms with Gasteiger partial charge in [0.1, 0.15) is 5.75 Å². The summed E-state index contributed by atoms with van der Waals surface area (Å²) < 4.78 is 7.40. The minimum atomic E-state index is 0.0219. The highest BCUT2D eigenvalue weighted by atomic mass is 16.5. The fraction of sp³-hybridized carbons (Fsp3) is 0.211. The Morgan fingerprint density at radius 2 is 1.92 bits per heavy atom. The van der Waals surface area contributed by atoms with Gasteiger partial charge < -0.3 is 9.64 Å². The maximum Gasteiger partial charge on any atom is 0.254 e. The van der Waals surface area contributed by atoms with Crippen molar-refractivity contribution in [2.45, 2.75) is 13.1 Å². The van der Waals surface area contributed by atoms with Crippen molar-refractivity contribution in [2.24, 2.45) is 0 Å². The fourth-order valence-corrected chi connectivity index (χ4v) is 3.10. The van der Waals surface area contributed by atoms with Crippen LogP contribution in [0.15, 0.2) is 54.9 Å². The fourth-order valence-electron chi connectivity index (χ4n) is 3.10. The molecule has 1 aliphatic heterocycles. The summed E-state index contributed by atoms with van der Waals surface area (Å²) in [5.74, 6) is 0.816. The molecular formula is C19H18N4O2. The van der Waals surface area contributed by atoms with Gasteiger partial charge in [0, 0.05) is 30.1 Å². The number of rotatable bonds is 3. The van der Waals surface area contributed by atoms with Crippen LogP contribution in [0.2, 0.25) is 0 Å². The number of carbonyl (C=O) groups excluding carboxylic acids is 1. The van der Waals surface area contributed by atoms with Crippen LogP contribution in [0.5, 0.6) is 5.75 Å². The molecule has 0 bridgehead atoms. The van der Waals surface area contributed by atoms with Gasteiger partial charge in [0.2, 0.25) is 0 Å². The summed E-state index contributed by atoms with van der Waals surface area (Å²) in [6, 6.07) is 13.3. The molecule has 25 heavy (non-hydrogen) atoms. The zero-order valence-corrected chi connectivity index (χ0v) is 13.9. The summed E-state index contributed by atoms with van der Waals surface area (Å²) in [7, 11) is 1.66. The first-order chi connectivity index (χ1) is 12.3. The molecule has 0 aliphatic carbocycles. The number of aromatic nitrogens is 3. The third-order valence-electron chi connectivity index (χ3n) is 4.40. The standard InChI is InChI=1S/C19H18N4O2/c1-25-18-5-3-2-4-16(18)17-12-15-13-22(10-11-23(15)21-17)19(24)14-6-8-20-9-7-14/h2-9,12H,10-11,13H2,1H3. The van der Waals surface area contributed by atoms with Gasteiger partial charge in [-0.05, 0) is 30.3 Å². The summed E-state index contributed by atoms with van der Waals surface area (Å²) >= 11 is 0. The Labute approximate surface area is 145 Å². The number of ether oxygens (including phenoxy) is 1. The first kappa shape index (κ1) is 15.4. The third kappa shape index (κ3) is 2.87. The van der Waals surface area contributed by atoms with E-state index in [0.29, 0.717) is 25.2 Å². The van der Waals surface area contributed by atoms with Gasteiger partial charge in [0.25, 0.3) is 5.91 Å². The number of methoxy groups -OCH3 is 1. The summed E-state index contributed by atoms with van der Waals surface area (Å²) in [6.45, 7) is 1.87. The highest BCUT2D eigenvalue weighted by molar-refractivity contribution is 5.94. The molecule has 0 spiro atoms. The quantitative estimate of drug-likeness (QED) is 0.739. The van der Waals surface area contributed by atoms with Gasteiger partial charge in [-0.25, -0.2) is 0 Å². The van der Waals surface area contributed by atoms with Gasteiger partial charge in [-0.1, -0.05) is 12.1 Å². The molecule has 3 aromatic rings. The van der Waals surface area contributed by atoms with E-state index in [1.54, 1.807) is 31.6 Å². The van der Waals surface area contributed by atoms with Crippen molar-refractivity contribution in [3.63, 3.8) is 0 Å². The van der Waals surface area contributed by atoms with Gasteiger partial charge >= 0.3 is 0 Å². The van der Waals surface area contributed by atoms with Crippen LogP contribution >= 0.6 is 0 Å². The van der Waals surface area contributed by atoms with Gasteiger partial charge in [-0.2, -0.15) is 5.10 Å². The topological polar surface area (TPSA) is 60.2 Å². The average Bonchev–Trinajstić information content (AvgIpc) is 3.11. The maximum atomic E-state index is 12.6. The van der Waals surface area contributed by atoms with Crippen molar-refractivity contribution < 1.29 is 9.53 Å². The van der Waals surface area contributed by atoms with Gasteiger partial charge in [-0.3, -0.25) is 14.5 Å². The zero-order chi connectivity index (χ0) is 17.2. The van der Waals surface area contributed by atoms with E-state index in [9.17, 15) is 4.79 Å². The normalized spacial score (nSPS) is 13.4. The number of nitrogens with zero attached hydrogens (tertiary/aromatic N) is 4.